The Kier molecular flexibility index (Phi) is 3.64. The Morgan fingerprint density at radius 1 is 1.52 bits per heavy atom. The second-order valence-electron chi connectivity index (χ2n) is 5.38. The van der Waals surface area contributed by atoms with Gasteiger partial charge in [-0.2, -0.15) is 0 Å². The number of hydrogen-bond donors (Lipinski definition) is 1. The molecule has 2 aromatic rings. The summed E-state index contributed by atoms with van der Waals surface area (Å²) in [5.74, 6) is 0.448. The summed E-state index contributed by atoms with van der Waals surface area (Å²) < 4.78 is 1.57. The molecule has 1 N–H and O–H groups in total. The van der Waals surface area contributed by atoms with E-state index in [2.05, 4.69) is 31.9 Å². The molecule has 110 valence electrons. The fourth-order valence-corrected chi connectivity index (χ4v) is 2.85. The van der Waals surface area contributed by atoms with Crippen molar-refractivity contribution in [1.82, 2.24) is 30.5 Å². The number of hydrogen-bond acceptors (Lipinski definition) is 5. The molecule has 0 saturated carbocycles. The molecule has 0 unspecified atom stereocenters. The van der Waals surface area contributed by atoms with Gasteiger partial charge in [0.15, 0.2) is 5.82 Å². The fraction of sp³-hybridized carbons (Fsp3) is 0.500. The molecule has 0 aliphatic heterocycles. The molecule has 0 radical (unpaired) electrons. The Balaban J connectivity index is 1.76. The predicted octanol–water partition coefficient (Wildman–Crippen LogP) is 0.902. The van der Waals surface area contributed by atoms with Crippen molar-refractivity contribution in [2.24, 2.45) is 7.05 Å². The molecule has 0 spiro atoms. The van der Waals surface area contributed by atoms with Gasteiger partial charge in [-0.05, 0) is 48.2 Å². The molecule has 3 rings (SSSR count). The van der Waals surface area contributed by atoms with Crippen LogP contribution in [0.1, 0.15) is 48.8 Å². The number of aromatic nitrogens is 5. The van der Waals surface area contributed by atoms with E-state index >= 15 is 0 Å². The van der Waals surface area contributed by atoms with E-state index < -0.39 is 0 Å². The zero-order chi connectivity index (χ0) is 14.8. The van der Waals surface area contributed by atoms with Gasteiger partial charge in [0.05, 0.1) is 17.7 Å². The van der Waals surface area contributed by atoms with Crippen LogP contribution in [0.25, 0.3) is 0 Å². The van der Waals surface area contributed by atoms with E-state index in [9.17, 15) is 4.79 Å². The van der Waals surface area contributed by atoms with Gasteiger partial charge in [0.25, 0.3) is 0 Å². The molecular formula is C14H18N6O. The molecule has 1 aliphatic carbocycles. The summed E-state index contributed by atoms with van der Waals surface area (Å²) in [5.41, 5.74) is 2.08. The second-order valence-corrected chi connectivity index (χ2v) is 5.38. The summed E-state index contributed by atoms with van der Waals surface area (Å²) in [6, 6.07) is 3.75. The molecule has 21 heavy (non-hydrogen) atoms. The molecule has 2 aromatic heterocycles. The number of nitrogens with zero attached hydrogens (tertiary/aromatic N) is 5. The van der Waals surface area contributed by atoms with Crippen LogP contribution in [0.2, 0.25) is 0 Å². The van der Waals surface area contributed by atoms with Crippen LogP contribution in [0.15, 0.2) is 18.3 Å². The first-order valence-corrected chi connectivity index (χ1v) is 7.13. The third kappa shape index (κ3) is 2.63. The summed E-state index contributed by atoms with van der Waals surface area (Å²) in [6.45, 7) is 1.88. The largest absolute Gasteiger partial charge is 0.346 e. The quantitative estimate of drug-likeness (QED) is 0.906. The van der Waals surface area contributed by atoms with E-state index in [0.717, 1.165) is 25.0 Å². The molecule has 2 heterocycles. The fourth-order valence-electron chi connectivity index (χ4n) is 2.85. The molecule has 0 saturated heterocycles. The lowest BCUT2D eigenvalue weighted by atomic mass is 9.86. The van der Waals surface area contributed by atoms with E-state index in [4.69, 9.17) is 0 Å². The van der Waals surface area contributed by atoms with E-state index in [1.165, 1.54) is 5.56 Å². The average Bonchev–Trinajstić information content (AvgIpc) is 2.92. The lowest BCUT2D eigenvalue weighted by molar-refractivity contribution is -0.123. The van der Waals surface area contributed by atoms with Gasteiger partial charge >= 0.3 is 0 Å². The SMILES string of the molecule is C[C@@H](NC(=O)[C@H]1CCCc2cccnc21)c1nnnn1C. The van der Waals surface area contributed by atoms with Crippen LogP contribution in [0, 0.1) is 0 Å². The van der Waals surface area contributed by atoms with E-state index in [1.807, 2.05) is 13.0 Å². The van der Waals surface area contributed by atoms with Gasteiger partial charge in [-0.25, -0.2) is 4.68 Å². The van der Waals surface area contributed by atoms with Crippen LogP contribution in [0.5, 0.6) is 0 Å². The number of pyridine rings is 1. The zero-order valence-corrected chi connectivity index (χ0v) is 12.2. The van der Waals surface area contributed by atoms with Crippen LogP contribution in [0.3, 0.4) is 0 Å². The summed E-state index contributed by atoms with van der Waals surface area (Å²) in [4.78, 5) is 17.0. The Labute approximate surface area is 122 Å². The van der Waals surface area contributed by atoms with E-state index in [1.54, 1.807) is 17.9 Å². The minimum Gasteiger partial charge on any atom is -0.346 e. The van der Waals surface area contributed by atoms with Crippen molar-refractivity contribution >= 4 is 5.91 Å². The number of carbonyl (C=O) groups excluding carboxylic acids is 1. The third-order valence-corrected chi connectivity index (χ3v) is 3.91. The summed E-state index contributed by atoms with van der Waals surface area (Å²) in [6.07, 6.45) is 4.59. The Morgan fingerprint density at radius 2 is 2.38 bits per heavy atom. The van der Waals surface area contributed by atoms with Crippen LogP contribution in [-0.2, 0) is 18.3 Å². The first-order chi connectivity index (χ1) is 10.2. The van der Waals surface area contributed by atoms with Gasteiger partial charge in [-0.15, -0.1) is 5.10 Å². The van der Waals surface area contributed by atoms with Crippen LogP contribution in [-0.4, -0.2) is 31.1 Å². The summed E-state index contributed by atoms with van der Waals surface area (Å²) >= 11 is 0. The van der Waals surface area contributed by atoms with Gasteiger partial charge in [0.1, 0.15) is 0 Å². The zero-order valence-electron chi connectivity index (χ0n) is 12.2. The normalized spacial score (nSPS) is 18.9. The number of amides is 1. The third-order valence-electron chi connectivity index (χ3n) is 3.91. The summed E-state index contributed by atoms with van der Waals surface area (Å²) in [5, 5.41) is 14.3. The minimum atomic E-state index is -0.230. The number of tetrazole rings is 1. The first-order valence-electron chi connectivity index (χ1n) is 7.13. The van der Waals surface area contributed by atoms with Crippen molar-refractivity contribution in [3.8, 4) is 0 Å². The molecule has 7 nitrogen and oxygen atoms in total. The van der Waals surface area contributed by atoms with Gasteiger partial charge in [-0.3, -0.25) is 9.78 Å². The first kappa shape index (κ1) is 13.7. The monoisotopic (exact) mass is 286 g/mol. The van der Waals surface area contributed by atoms with E-state index in [-0.39, 0.29) is 17.9 Å². The van der Waals surface area contributed by atoms with Crippen LogP contribution >= 0.6 is 0 Å². The van der Waals surface area contributed by atoms with Crippen molar-refractivity contribution in [1.29, 1.82) is 0 Å². The molecular weight excluding hydrogens is 268 g/mol. The van der Waals surface area contributed by atoms with Gasteiger partial charge in [0.2, 0.25) is 5.91 Å². The molecule has 1 amide bonds. The molecule has 0 aromatic carbocycles. The highest BCUT2D eigenvalue weighted by molar-refractivity contribution is 5.84. The van der Waals surface area contributed by atoms with Crippen molar-refractivity contribution < 1.29 is 4.79 Å². The highest BCUT2D eigenvalue weighted by atomic mass is 16.2. The standard InChI is InChI=1S/C14H18N6O/c1-9(13-17-18-19-20(13)2)16-14(21)11-7-3-5-10-6-4-8-15-12(10)11/h4,6,8-9,11H,3,5,7H2,1-2H3,(H,16,21)/t9-,11+/m1/s1. The van der Waals surface area contributed by atoms with Gasteiger partial charge in [0, 0.05) is 13.2 Å². The Morgan fingerprint density at radius 3 is 3.14 bits per heavy atom. The molecule has 2 atom stereocenters. The number of carbonyl (C=O) groups is 1. The Hall–Kier alpha value is -2.31. The van der Waals surface area contributed by atoms with Crippen molar-refractivity contribution in [2.45, 2.75) is 38.1 Å². The van der Waals surface area contributed by atoms with Crippen molar-refractivity contribution in [2.75, 3.05) is 0 Å². The highest BCUT2D eigenvalue weighted by Crippen LogP contribution is 2.30. The van der Waals surface area contributed by atoms with Crippen LogP contribution in [0.4, 0.5) is 0 Å². The minimum absolute atomic E-state index is 0.00912. The molecule has 1 aliphatic rings. The smallest absolute Gasteiger partial charge is 0.229 e. The Bertz CT molecular complexity index is 652. The van der Waals surface area contributed by atoms with Crippen molar-refractivity contribution in [3.63, 3.8) is 0 Å². The lowest BCUT2D eigenvalue weighted by Gasteiger charge is -2.24. The highest BCUT2D eigenvalue weighted by Gasteiger charge is 2.29. The average molecular weight is 286 g/mol. The second kappa shape index (κ2) is 5.59. The molecule has 7 heteroatoms. The number of aryl methyl sites for hydroxylation is 2. The predicted molar refractivity (Wildman–Crippen MR) is 75.3 cm³/mol. The number of nitrogens with one attached hydrogen (secondary N) is 1. The molecule has 0 fully saturated rings. The molecule has 0 bridgehead atoms. The number of fused-ring (bicyclic) bond motifs is 1. The lowest BCUT2D eigenvalue weighted by Crippen LogP contribution is -2.34. The van der Waals surface area contributed by atoms with Crippen molar-refractivity contribution in [3.05, 3.63) is 35.4 Å². The number of rotatable bonds is 3. The summed E-state index contributed by atoms with van der Waals surface area (Å²) in [7, 11) is 1.76. The van der Waals surface area contributed by atoms with Gasteiger partial charge < -0.3 is 5.32 Å². The maximum Gasteiger partial charge on any atom is 0.229 e. The van der Waals surface area contributed by atoms with Crippen LogP contribution < -0.4 is 5.32 Å². The maximum absolute atomic E-state index is 12.5. The topological polar surface area (TPSA) is 85.6 Å². The van der Waals surface area contributed by atoms with Gasteiger partial charge in [-0.1, -0.05) is 6.07 Å². The maximum atomic E-state index is 12.5. The van der Waals surface area contributed by atoms with E-state index in [0.29, 0.717) is 5.82 Å².